The minimum Gasteiger partial charge on any atom is -0.356 e. The maximum absolute atomic E-state index is 15.0. The van der Waals surface area contributed by atoms with E-state index in [9.17, 15) is 10.1 Å². The summed E-state index contributed by atoms with van der Waals surface area (Å²) in [6.45, 7) is 1.89. The molecule has 6 nitrogen and oxygen atoms in total. The predicted molar refractivity (Wildman–Crippen MR) is 128 cm³/mol. The van der Waals surface area contributed by atoms with E-state index in [0.717, 1.165) is 5.69 Å². The first kappa shape index (κ1) is 21.5. The number of hydrogen-bond acceptors (Lipinski definition) is 5. The fourth-order valence-electron chi connectivity index (χ4n) is 3.67. The Balaban J connectivity index is 1.92. The van der Waals surface area contributed by atoms with Gasteiger partial charge in [-0.15, -0.1) is 0 Å². The lowest BCUT2D eigenvalue weighted by Crippen LogP contribution is -2.26. The maximum Gasteiger partial charge on any atom is 0.269 e. The molecule has 1 unspecified atom stereocenters. The van der Waals surface area contributed by atoms with Crippen molar-refractivity contribution in [1.29, 1.82) is 0 Å². The molecule has 0 aliphatic carbocycles. The van der Waals surface area contributed by atoms with E-state index in [2.05, 4.69) is 10.3 Å². The lowest BCUT2D eigenvalue weighted by atomic mass is 10.2. The molecule has 0 radical (unpaired) electrons. The van der Waals surface area contributed by atoms with Gasteiger partial charge in [-0.3, -0.25) is 10.1 Å². The van der Waals surface area contributed by atoms with Crippen LogP contribution >= 0.6 is 7.14 Å². The van der Waals surface area contributed by atoms with Crippen molar-refractivity contribution in [3.63, 3.8) is 0 Å². The highest BCUT2D eigenvalue weighted by molar-refractivity contribution is 7.79. The van der Waals surface area contributed by atoms with Crippen LogP contribution in [-0.4, -0.2) is 9.91 Å². The quantitative estimate of drug-likeness (QED) is 0.234. The number of aryl methyl sites for hydroxylation is 1. The van der Waals surface area contributed by atoms with Gasteiger partial charge >= 0.3 is 0 Å². The third-order valence-corrected chi connectivity index (χ3v) is 8.52. The van der Waals surface area contributed by atoms with Crippen LogP contribution in [0.1, 0.15) is 17.0 Å². The van der Waals surface area contributed by atoms with Crippen LogP contribution in [0.25, 0.3) is 0 Å². The van der Waals surface area contributed by atoms with Gasteiger partial charge in [-0.25, -0.2) is 4.98 Å². The van der Waals surface area contributed by atoms with Gasteiger partial charge in [0.1, 0.15) is 11.6 Å². The Morgan fingerprint density at radius 3 is 1.88 bits per heavy atom. The molecule has 0 aliphatic rings. The van der Waals surface area contributed by atoms with Crippen LogP contribution in [0, 0.1) is 17.0 Å². The van der Waals surface area contributed by atoms with Gasteiger partial charge in [0.2, 0.25) is 0 Å². The number of nitrogens with zero attached hydrogens (tertiary/aromatic N) is 2. The van der Waals surface area contributed by atoms with E-state index >= 15 is 4.57 Å². The van der Waals surface area contributed by atoms with Crippen LogP contribution in [0.3, 0.4) is 0 Å². The molecule has 160 valence electrons. The van der Waals surface area contributed by atoms with E-state index in [1.807, 2.05) is 85.8 Å². The molecule has 0 saturated heterocycles. The Kier molecular flexibility index (Phi) is 6.15. The molecule has 1 atom stereocenters. The number of pyridine rings is 1. The van der Waals surface area contributed by atoms with Gasteiger partial charge in [0, 0.05) is 28.4 Å². The number of anilines is 1. The molecule has 0 saturated carbocycles. The van der Waals surface area contributed by atoms with E-state index < -0.39 is 17.8 Å². The third-order valence-electron chi connectivity index (χ3n) is 5.24. The van der Waals surface area contributed by atoms with E-state index in [-0.39, 0.29) is 5.69 Å². The summed E-state index contributed by atoms with van der Waals surface area (Å²) in [4.78, 5) is 15.3. The average Bonchev–Trinajstić information content (AvgIpc) is 2.83. The van der Waals surface area contributed by atoms with Gasteiger partial charge in [-0.1, -0.05) is 66.7 Å². The van der Waals surface area contributed by atoms with Crippen LogP contribution in [0.2, 0.25) is 0 Å². The number of nitro groups is 1. The molecule has 32 heavy (non-hydrogen) atoms. The standard InChI is InChI=1S/C25H22N3O3P/c1-19-9-8-14-24(26-19)27-25(20-15-17-21(18-16-20)28(29)30)32(31,22-10-4-2-5-11-22)23-12-6-3-7-13-23/h2-18,25H,1H3,(H,26,27). The van der Waals surface area contributed by atoms with Crippen molar-refractivity contribution in [2.24, 2.45) is 0 Å². The second-order valence-corrected chi connectivity index (χ2v) is 10.3. The Morgan fingerprint density at radius 2 is 1.38 bits per heavy atom. The second kappa shape index (κ2) is 9.16. The largest absolute Gasteiger partial charge is 0.356 e. The molecule has 0 bridgehead atoms. The number of rotatable bonds is 7. The molecule has 1 N–H and O–H groups in total. The van der Waals surface area contributed by atoms with Crippen molar-refractivity contribution < 1.29 is 9.49 Å². The van der Waals surface area contributed by atoms with Crippen molar-refractivity contribution in [3.8, 4) is 0 Å². The van der Waals surface area contributed by atoms with Gasteiger partial charge < -0.3 is 9.88 Å². The molecular formula is C25H22N3O3P. The van der Waals surface area contributed by atoms with Crippen LogP contribution in [0.5, 0.6) is 0 Å². The minimum absolute atomic E-state index is 0.0181. The highest BCUT2D eigenvalue weighted by Gasteiger charge is 2.38. The number of benzene rings is 3. The number of nitrogens with one attached hydrogen (secondary N) is 1. The highest BCUT2D eigenvalue weighted by atomic mass is 31.2. The molecule has 0 amide bonds. The Labute approximate surface area is 186 Å². The van der Waals surface area contributed by atoms with Crippen LogP contribution in [0.4, 0.5) is 11.5 Å². The van der Waals surface area contributed by atoms with Crippen molar-refractivity contribution in [2.75, 3.05) is 5.32 Å². The molecular weight excluding hydrogens is 421 g/mol. The first-order chi connectivity index (χ1) is 15.5. The van der Waals surface area contributed by atoms with Crippen LogP contribution in [0.15, 0.2) is 103 Å². The van der Waals surface area contributed by atoms with E-state index in [4.69, 9.17) is 0 Å². The average molecular weight is 443 g/mol. The van der Waals surface area contributed by atoms with E-state index in [1.54, 1.807) is 12.1 Å². The molecule has 0 fully saturated rings. The first-order valence-corrected chi connectivity index (χ1v) is 11.9. The molecule has 7 heteroatoms. The monoisotopic (exact) mass is 443 g/mol. The lowest BCUT2D eigenvalue weighted by molar-refractivity contribution is -0.384. The zero-order valence-corrected chi connectivity index (χ0v) is 18.4. The van der Waals surface area contributed by atoms with Crippen LogP contribution in [-0.2, 0) is 4.57 Å². The summed E-state index contributed by atoms with van der Waals surface area (Å²) >= 11 is 0. The highest BCUT2D eigenvalue weighted by Crippen LogP contribution is 2.57. The minimum atomic E-state index is -3.30. The smallest absolute Gasteiger partial charge is 0.269 e. The summed E-state index contributed by atoms with van der Waals surface area (Å²) < 4.78 is 15.0. The van der Waals surface area contributed by atoms with E-state index in [0.29, 0.717) is 22.0 Å². The fraction of sp³-hybridized carbons (Fsp3) is 0.0800. The normalized spacial score (nSPS) is 12.2. The van der Waals surface area contributed by atoms with Crippen molar-refractivity contribution in [2.45, 2.75) is 12.7 Å². The molecule has 0 aliphatic heterocycles. The zero-order valence-electron chi connectivity index (χ0n) is 17.5. The van der Waals surface area contributed by atoms with Crippen LogP contribution < -0.4 is 15.9 Å². The third kappa shape index (κ3) is 4.32. The second-order valence-electron chi connectivity index (χ2n) is 7.39. The van der Waals surface area contributed by atoms with Crippen molar-refractivity contribution in [3.05, 3.63) is 124 Å². The summed E-state index contributed by atoms with van der Waals surface area (Å²) in [6, 6.07) is 30.4. The molecule has 1 heterocycles. The summed E-state index contributed by atoms with van der Waals surface area (Å²) in [6.07, 6.45) is 0. The van der Waals surface area contributed by atoms with Crippen molar-refractivity contribution in [1.82, 2.24) is 4.98 Å². The Morgan fingerprint density at radius 1 is 0.812 bits per heavy atom. The summed E-state index contributed by atoms with van der Waals surface area (Å²) in [5.74, 6) is -0.0946. The fourth-order valence-corrected chi connectivity index (χ4v) is 6.70. The number of nitro benzene ring substituents is 1. The number of non-ortho nitro benzene ring substituents is 1. The maximum atomic E-state index is 15.0. The molecule has 4 rings (SSSR count). The first-order valence-electron chi connectivity index (χ1n) is 10.1. The molecule has 0 spiro atoms. The van der Waals surface area contributed by atoms with Gasteiger partial charge in [-0.2, -0.15) is 0 Å². The van der Waals surface area contributed by atoms with Crippen molar-refractivity contribution >= 4 is 29.3 Å². The predicted octanol–water partition coefficient (Wildman–Crippen LogP) is 5.42. The number of hydrogen-bond donors (Lipinski definition) is 1. The summed E-state index contributed by atoms with van der Waals surface area (Å²) in [5.41, 5.74) is 1.48. The van der Waals surface area contributed by atoms with Gasteiger partial charge in [0.15, 0.2) is 7.14 Å². The Hall–Kier alpha value is -3.76. The summed E-state index contributed by atoms with van der Waals surface area (Å²) in [7, 11) is -3.30. The van der Waals surface area contributed by atoms with E-state index in [1.165, 1.54) is 12.1 Å². The zero-order chi connectivity index (χ0) is 22.6. The SMILES string of the molecule is Cc1cccc(NC(c2ccc([N+](=O)[O-])cc2)P(=O)(c2ccccc2)c2ccccc2)n1. The molecule has 4 aromatic rings. The molecule has 1 aromatic heterocycles. The topological polar surface area (TPSA) is 85.1 Å². The van der Waals surface area contributed by atoms with Gasteiger partial charge in [-0.05, 0) is 36.8 Å². The molecule has 3 aromatic carbocycles. The lowest BCUT2D eigenvalue weighted by Gasteiger charge is -2.30. The van der Waals surface area contributed by atoms with Gasteiger partial charge in [0.25, 0.3) is 5.69 Å². The Bertz CT molecular complexity index is 1220. The number of aromatic nitrogens is 1. The van der Waals surface area contributed by atoms with Gasteiger partial charge in [0.05, 0.1) is 4.92 Å². The summed E-state index contributed by atoms with van der Waals surface area (Å²) in [5, 5.41) is 15.9.